The van der Waals surface area contributed by atoms with Crippen molar-refractivity contribution in [3.05, 3.63) is 175 Å². The highest BCUT2D eigenvalue weighted by Gasteiger charge is 2.21. The Morgan fingerprint density at radius 2 is 1.26 bits per heavy atom. The summed E-state index contributed by atoms with van der Waals surface area (Å²) in [6, 6.07) is 54.1. The van der Waals surface area contributed by atoms with Crippen molar-refractivity contribution in [3.8, 4) is 16.8 Å². The molecular weight excluding hydrogens is 614 g/mol. The molecule has 0 saturated carbocycles. The van der Waals surface area contributed by atoms with Crippen LogP contribution in [0.15, 0.2) is 164 Å². The first kappa shape index (κ1) is 28.5. The van der Waals surface area contributed by atoms with E-state index in [2.05, 4.69) is 121 Å². The highest BCUT2D eigenvalue weighted by molar-refractivity contribution is 6.33. The van der Waals surface area contributed by atoms with Crippen LogP contribution in [0.2, 0.25) is 0 Å². The second kappa shape index (κ2) is 11.0. The lowest BCUT2D eigenvalue weighted by Gasteiger charge is -2.27. The van der Waals surface area contributed by atoms with Gasteiger partial charge >= 0.3 is 0 Å². The minimum atomic E-state index is -0.261. The first-order valence-electron chi connectivity index (χ1n) is 16.9. The van der Waals surface area contributed by atoms with Gasteiger partial charge in [-0.05, 0) is 117 Å². The zero-order valence-electron chi connectivity index (χ0n) is 27.3. The van der Waals surface area contributed by atoms with E-state index in [1.165, 1.54) is 43.8 Å². The number of rotatable bonds is 5. The first-order valence-corrected chi connectivity index (χ1v) is 16.9. The van der Waals surface area contributed by atoms with Gasteiger partial charge in [-0.1, -0.05) is 97.1 Å². The molecule has 236 valence electrons. The van der Waals surface area contributed by atoms with Gasteiger partial charge < -0.3 is 9.47 Å². The molecule has 8 aromatic carbocycles. The van der Waals surface area contributed by atoms with E-state index in [0.717, 1.165) is 50.3 Å². The first-order chi connectivity index (χ1) is 24.7. The Morgan fingerprint density at radius 3 is 2.08 bits per heavy atom. The van der Waals surface area contributed by atoms with Crippen LogP contribution in [-0.2, 0) is 0 Å². The number of pyridine rings is 1. The third-order valence-electron chi connectivity index (χ3n) is 10.2. The molecule has 0 aliphatic carbocycles. The van der Waals surface area contributed by atoms with Gasteiger partial charge in [0.2, 0.25) is 0 Å². The van der Waals surface area contributed by atoms with Crippen LogP contribution < -0.4 is 4.90 Å². The summed E-state index contributed by atoms with van der Waals surface area (Å²) in [7, 11) is 0. The number of halogens is 1. The highest BCUT2D eigenvalue weighted by atomic mass is 19.1. The van der Waals surface area contributed by atoms with E-state index in [1.54, 1.807) is 6.07 Å². The molecule has 50 heavy (non-hydrogen) atoms. The van der Waals surface area contributed by atoms with Gasteiger partial charge in [-0.2, -0.15) is 0 Å². The van der Waals surface area contributed by atoms with Crippen molar-refractivity contribution in [2.75, 3.05) is 4.90 Å². The molecule has 0 unspecified atom stereocenters. The van der Waals surface area contributed by atoms with Crippen LogP contribution in [0, 0.1) is 12.7 Å². The van der Waals surface area contributed by atoms with Gasteiger partial charge in [0.25, 0.3) is 0 Å². The van der Waals surface area contributed by atoms with Crippen LogP contribution in [0.25, 0.3) is 71.1 Å². The smallest absolute Gasteiger partial charge is 0.147 e. The number of aryl methyl sites for hydroxylation is 1. The minimum absolute atomic E-state index is 0.261. The minimum Gasteiger partial charge on any atom is -0.308 e. The highest BCUT2D eigenvalue weighted by Crippen LogP contribution is 2.45. The fraction of sp³-hybridized carbons (Fsp3) is 0.0217. The second-order valence-corrected chi connectivity index (χ2v) is 13.0. The average molecular weight is 644 g/mol. The van der Waals surface area contributed by atoms with Crippen LogP contribution in [-0.4, -0.2) is 9.55 Å². The number of para-hydroxylation sites is 3. The molecule has 3 nitrogen and oxygen atoms in total. The van der Waals surface area contributed by atoms with Crippen molar-refractivity contribution < 1.29 is 4.39 Å². The topological polar surface area (TPSA) is 21.1 Å². The molecule has 2 heterocycles. The third-order valence-corrected chi connectivity index (χ3v) is 10.2. The Balaban J connectivity index is 1.17. The lowest BCUT2D eigenvalue weighted by atomic mass is 9.88. The van der Waals surface area contributed by atoms with E-state index in [4.69, 9.17) is 4.98 Å². The van der Waals surface area contributed by atoms with Gasteiger partial charge in [0, 0.05) is 28.6 Å². The number of anilines is 3. The van der Waals surface area contributed by atoms with E-state index in [-0.39, 0.29) is 5.82 Å². The summed E-state index contributed by atoms with van der Waals surface area (Å²) < 4.78 is 17.6. The molecule has 10 rings (SSSR count). The monoisotopic (exact) mass is 643 g/mol. The lowest BCUT2D eigenvalue weighted by molar-refractivity contribution is 0.629. The maximum absolute atomic E-state index is 15.3. The maximum Gasteiger partial charge on any atom is 0.147 e. The average Bonchev–Trinajstić information content (AvgIpc) is 3.50. The molecule has 4 heteroatoms. The van der Waals surface area contributed by atoms with Gasteiger partial charge in [0.15, 0.2) is 0 Å². The molecule has 0 fully saturated rings. The van der Waals surface area contributed by atoms with Crippen molar-refractivity contribution in [3.63, 3.8) is 0 Å². The van der Waals surface area contributed by atoms with E-state index in [1.807, 2.05) is 47.5 Å². The van der Waals surface area contributed by atoms with Crippen LogP contribution >= 0.6 is 0 Å². The molecule has 0 bridgehead atoms. The van der Waals surface area contributed by atoms with Gasteiger partial charge in [-0.15, -0.1) is 0 Å². The fourth-order valence-corrected chi connectivity index (χ4v) is 7.94. The van der Waals surface area contributed by atoms with E-state index >= 15 is 4.39 Å². The van der Waals surface area contributed by atoms with E-state index in [0.29, 0.717) is 5.69 Å². The van der Waals surface area contributed by atoms with Crippen molar-refractivity contribution in [1.82, 2.24) is 9.55 Å². The molecule has 0 aliphatic heterocycles. The number of hydrogen-bond acceptors (Lipinski definition) is 2. The van der Waals surface area contributed by atoms with Crippen LogP contribution in [0.3, 0.4) is 0 Å². The van der Waals surface area contributed by atoms with Crippen LogP contribution in [0.1, 0.15) is 5.56 Å². The van der Waals surface area contributed by atoms with Crippen LogP contribution in [0.5, 0.6) is 0 Å². The van der Waals surface area contributed by atoms with Crippen molar-refractivity contribution in [1.29, 1.82) is 0 Å². The maximum atomic E-state index is 15.3. The normalized spacial score (nSPS) is 11.8. The molecule has 0 spiro atoms. The van der Waals surface area contributed by atoms with Crippen molar-refractivity contribution in [2.45, 2.75) is 6.92 Å². The van der Waals surface area contributed by atoms with E-state index < -0.39 is 0 Å². The van der Waals surface area contributed by atoms with Crippen LogP contribution in [0.4, 0.5) is 21.5 Å². The Labute approximate surface area is 288 Å². The quantitative estimate of drug-likeness (QED) is 0.174. The third kappa shape index (κ3) is 4.18. The lowest BCUT2D eigenvalue weighted by Crippen LogP contribution is -2.12. The Kier molecular flexibility index (Phi) is 6.27. The summed E-state index contributed by atoms with van der Waals surface area (Å²) in [5, 5.41) is 8.52. The summed E-state index contributed by atoms with van der Waals surface area (Å²) in [6.07, 6.45) is 1.89. The number of hydrogen-bond donors (Lipinski definition) is 0. The van der Waals surface area contributed by atoms with Crippen molar-refractivity contribution >= 4 is 71.3 Å². The molecule has 0 amide bonds. The number of nitrogens with zero attached hydrogens (tertiary/aromatic N) is 3. The molecular formula is C46H30FN3. The molecule has 0 radical (unpaired) electrons. The van der Waals surface area contributed by atoms with Gasteiger partial charge in [0.1, 0.15) is 5.82 Å². The molecule has 0 atom stereocenters. The Hall–Kier alpha value is -6.52. The summed E-state index contributed by atoms with van der Waals surface area (Å²) in [6.45, 7) is 2.06. The van der Waals surface area contributed by atoms with Gasteiger partial charge in [-0.3, -0.25) is 4.98 Å². The predicted molar refractivity (Wildman–Crippen MR) is 207 cm³/mol. The fourth-order valence-electron chi connectivity index (χ4n) is 7.94. The molecule has 10 aromatic rings. The summed E-state index contributed by atoms with van der Waals surface area (Å²) in [5.74, 6) is -0.261. The van der Waals surface area contributed by atoms with Gasteiger partial charge in [-0.25, -0.2) is 4.39 Å². The summed E-state index contributed by atoms with van der Waals surface area (Å²) in [4.78, 5) is 6.94. The number of benzene rings is 8. The Morgan fingerprint density at radius 1 is 0.560 bits per heavy atom. The number of fused-ring (bicyclic) bond motifs is 4. The van der Waals surface area contributed by atoms with Gasteiger partial charge in [0.05, 0.1) is 22.2 Å². The van der Waals surface area contributed by atoms with Crippen molar-refractivity contribution in [2.24, 2.45) is 0 Å². The zero-order valence-corrected chi connectivity index (χ0v) is 27.3. The predicted octanol–water partition coefficient (Wildman–Crippen LogP) is 12.7. The summed E-state index contributed by atoms with van der Waals surface area (Å²) in [5.41, 5.74) is 10.1. The Bertz CT molecular complexity index is 2840. The zero-order chi connectivity index (χ0) is 33.3. The summed E-state index contributed by atoms with van der Waals surface area (Å²) >= 11 is 0. The molecule has 0 N–H and O–H groups in total. The van der Waals surface area contributed by atoms with E-state index in [9.17, 15) is 0 Å². The number of aromatic nitrogens is 2. The molecule has 0 saturated heterocycles. The SMILES string of the molecule is Cc1ccccc1N(c1ccc(-c2ccc3ccc4c5c(ccc2c35)cc2c4c3ncccc3n2-c2ccccc2)cc1)c1ccccc1F. The molecule has 2 aromatic heterocycles. The second-order valence-electron chi connectivity index (χ2n) is 13.0. The largest absolute Gasteiger partial charge is 0.308 e. The standard InChI is InChI=1S/C46H30FN3/c1-29-10-5-7-14-39(29)49(40-15-8-6-13-38(40)47)34-22-17-30(18-23-34)35-24-19-31-20-26-37-44-32(21-25-36(35)43(31)44)28-42-45(37)46-41(16-9-27-48-46)50(42)33-11-3-2-4-12-33/h2-28H,1H3. The molecule has 0 aliphatic rings.